The molecule has 2 heterocycles. The van der Waals surface area contributed by atoms with Gasteiger partial charge < -0.3 is 30.5 Å². The summed E-state index contributed by atoms with van der Waals surface area (Å²) in [6, 6.07) is 1.87. The Balaban J connectivity index is 0.000000642. The molecule has 5 N–H and O–H groups in total. The van der Waals surface area contributed by atoms with E-state index in [0.717, 1.165) is 17.9 Å². The zero-order valence-electron chi connectivity index (χ0n) is 17.6. The fourth-order valence-electron chi connectivity index (χ4n) is 1.71. The summed E-state index contributed by atoms with van der Waals surface area (Å²) in [5, 5.41) is 21.2. The van der Waals surface area contributed by atoms with Crippen molar-refractivity contribution in [1.29, 1.82) is 0 Å². The topological polar surface area (TPSA) is 187 Å². The van der Waals surface area contributed by atoms with E-state index in [1.807, 2.05) is 13.0 Å². The van der Waals surface area contributed by atoms with Crippen molar-refractivity contribution >= 4 is 17.8 Å². The Hall–Kier alpha value is -3.54. The van der Waals surface area contributed by atoms with Crippen molar-refractivity contribution in [2.45, 2.75) is 38.8 Å². The molecule has 192 valence electrons. The highest BCUT2D eigenvalue weighted by Gasteiger charge is 2.38. The number of nitrogens with two attached hydrogens (primary N) is 1. The zero-order chi connectivity index (χ0) is 26.5. The number of halogens is 6. The summed E-state index contributed by atoms with van der Waals surface area (Å²) in [6.45, 7) is 3.13. The van der Waals surface area contributed by atoms with Crippen LogP contribution in [-0.4, -0.2) is 68.3 Å². The average molecular weight is 506 g/mol. The summed E-state index contributed by atoms with van der Waals surface area (Å²) in [6.07, 6.45) is -9.45. The van der Waals surface area contributed by atoms with Crippen LogP contribution in [0.1, 0.15) is 23.2 Å². The summed E-state index contributed by atoms with van der Waals surface area (Å²) in [7, 11) is 1.57. The SMILES string of the molecule is COCc1nc(CNc2cc(CCN)nc(C)n2)no1.O=C(O)C(F)(F)F.O=C(O)C(F)(F)F. The first-order valence-electron chi connectivity index (χ1n) is 8.79. The van der Waals surface area contributed by atoms with Crippen molar-refractivity contribution in [2.75, 3.05) is 19.0 Å². The van der Waals surface area contributed by atoms with Gasteiger partial charge in [0, 0.05) is 25.3 Å². The summed E-state index contributed by atoms with van der Waals surface area (Å²) in [4.78, 5) is 30.6. The van der Waals surface area contributed by atoms with Crippen LogP contribution in [0.3, 0.4) is 0 Å². The van der Waals surface area contributed by atoms with Gasteiger partial charge in [0.15, 0.2) is 5.82 Å². The molecule has 12 nitrogen and oxygen atoms in total. The number of carbonyl (C=O) groups is 2. The van der Waals surface area contributed by atoms with E-state index in [4.69, 9.17) is 34.8 Å². The number of rotatable bonds is 7. The predicted octanol–water partition coefficient (Wildman–Crippen LogP) is 1.69. The van der Waals surface area contributed by atoms with E-state index in [-0.39, 0.29) is 0 Å². The Kier molecular flexibility index (Phi) is 12.4. The van der Waals surface area contributed by atoms with E-state index >= 15 is 0 Å². The molecule has 0 aliphatic carbocycles. The van der Waals surface area contributed by atoms with Gasteiger partial charge in [-0.25, -0.2) is 19.6 Å². The van der Waals surface area contributed by atoms with Gasteiger partial charge in [0.2, 0.25) is 0 Å². The van der Waals surface area contributed by atoms with E-state index in [0.29, 0.717) is 37.2 Å². The van der Waals surface area contributed by atoms with Gasteiger partial charge >= 0.3 is 24.3 Å². The second kappa shape index (κ2) is 13.9. The number of hydrogen-bond donors (Lipinski definition) is 4. The first kappa shape index (κ1) is 30.5. The molecule has 0 radical (unpaired) electrons. The second-order valence-electron chi connectivity index (χ2n) is 5.83. The maximum absolute atomic E-state index is 10.6. The molecule has 2 aromatic rings. The number of hydrogen-bond acceptors (Lipinski definition) is 10. The third-order valence-corrected chi connectivity index (χ3v) is 2.98. The molecule has 0 atom stereocenters. The molecular weight excluding hydrogens is 486 g/mol. The summed E-state index contributed by atoms with van der Waals surface area (Å²) >= 11 is 0. The van der Waals surface area contributed by atoms with Crippen LogP contribution in [-0.2, 0) is 33.9 Å². The minimum absolute atomic E-state index is 0.306. The van der Waals surface area contributed by atoms with Crippen LogP contribution in [0.5, 0.6) is 0 Å². The largest absolute Gasteiger partial charge is 0.490 e. The molecule has 2 aromatic heterocycles. The van der Waals surface area contributed by atoms with Crippen LogP contribution in [0, 0.1) is 6.92 Å². The monoisotopic (exact) mass is 506 g/mol. The van der Waals surface area contributed by atoms with Crippen molar-refractivity contribution in [3.8, 4) is 0 Å². The number of nitrogens with zero attached hydrogens (tertiary/aromatic N) is 4. The first-order chi connectivity index (χ1) is 15.6. The maximum Gasteiger partial charge on any atom is 0.490 e. The van der Waals surface area contributed by atoms with Gasteiger partial charge in [0.05, 0.1) is 6.54 Å². The minimum Gasteiger partial charge on any atom is -0.475 e. The molecule has 0 spiro atoms. The molecule has 18 heteroatoms. The van der Waals surface area contributed by atoms with Gasteiger partial charge in [-0.1, -0.05) is 5.16 Å². The van der Waals surface area contributed by atoms with Crippen molar-refractivity contribution < 1.29 is 55.4 Å². The smallest absolute Gasteiger partial charge is 0.475 e. The number of carboxylic acids is 2. The van der Waals surface area contributed by atoms with E-state index in [1.165, 1.54) is 0 Å². The number of aromatic nitrogens is 4. The zero-order valence-corrected chi connectivity index (χ0v) is 17.6. The van der Waals surface area contributed by atoms with Gasteiger partial charge in [0.25, 0.3) is 5.89 Å². The molecule has 0 aliphatic rings. The third kappa shape index (κ3) is 13.1. The molecule has 0 fully saturated rings. The van der Waals surface area contributed by atoms with Gasteiger partial charge in [-0.15, -0.1) is 0 Å². The number of ether oxygens (including phenoxy) is 1. The molecule has 2 rings (SSSR count). The molecule has 0 saturated carbocycles. The quantitative estimate of drug-likeness (QED) is 0.399. The lowest BCUT2D eigenvalue weighted by molar-refractivity contribution is -0.193. The summed E-state index contributed by atoms with van der Waals surface area (Å²) < 4.78 is 73.4. The Morgan fingerprint density at radius 2 is 1.62 bits per heavy atom. The van der Waals surface area contributed by atoms with Crippen LogP contribution >= 0.6 is 0 Å². The van der Waals surface area contributed by atoms with Gasteiger partial charge in [-0.3, -0.25) is 0 Å². The number of carboxylic acid groups (broad SMARTS) is 2. The number of nitrogens with one attached hydrogen (secondary N) is 1. The second-order valence-corrected chi connectivity index (χ2v) is 5.83. The van der Waals surface area contributed by atoms with E-state index in [1.54, 1.807) is 7.11 Å². The van der Waals surface area contributed by atoms with Crippen LogP contribution < -0.4 is 11.1 Å². The van der Waals surface area contributed by atoms with Crippen molar-refractivity contribution in [3.63, 3.8) is 0 Å². The molecule has 0 amide bonds. The van der Waals surface area contributed by atoms with E-state index in [9.17, 15) is 26.3 Å². The van der Waals surface area contributed by atoms with Gasteiger partial charge in [0.1, 0.15) is 18.2 Å². The fourth-order valence-corrected chi connectivity index (χ4v) is 1.71. The standard InChI is InChI=1S/C12H18N6O2.2C2HF3O2/c1-8-15-9(3-4-13)5-10(16-8)14-6-11-17-12(7-19-2)20-18-11;2*3-2(4,5)1(6)7/h5H,3-4,6-7,13H2,1-2H3,(H,14,15,16);2*(H,6,7). The number of alkyl halides is 6. The lowest BCUT2D eigenvalue weighted by atomic mass is 10.3. The maximum atomic E-state index is 10.6. The number of methoxy groups -OCH3 is 1. The van der Waals surface area contributed by atoms with E-state index in [2.05, 4.69) is 25.4 Å². The van der Waals surface area contributed by atoms with Crippen molar-refractivity contribution in [3.05, 3.63) is 29.3 Å². The molecule has 34 heavy (non-hydrogen) atoms. The normalized spacial score (nSPS) is 11.0. The molecule has 0 aromatic carbocycles. The average Bonchev–Trinajstić information content (AvgIpc) is 3.13. The Bertz CT molecular complexity index is 897. The molecular formula is C16H20F6N6O6. The van der Waals surface area contributed by atoms with Crippen LogP contribution in [0.4, 0.5) is 32.2 Å². The van der Waals surface area contributed by atoms with Crippen molar-refractivity contribution in [2.24, 2.45) is 5.73 Å². The lowest BCUT2D eigenvalue weighted by Crippen LogP contribution is -2.21. The minimum atomic E-state index is -5.08. The molecule has 0 bridgehead atoms. The molecule has 0 unspecified atom stereocenters. The van der Waals surface area contributed by atoms with Crippen molar-refractivity contribution in [1.82, 2.24) is 20.1 Å². The van der Waals surface area contributed by atoms with E-state index < -0.39 is 24.3 Å². The predicted molar refractivity (Wildman–Crippen MR) is 99.2 cm³/mol. The third-order valence-electron chi connectivity index (χ3n) is 2.98. The summed E-state index contributed by atoms with van der Waals surface area (Å²) in [5.41, 5.74) is 6.44. The lowest BCUT2D eigenvalue weighted by Gasteiger charge is -2.06. The Morgan fingerprint density at radius 1 is 1.09 bits per heavy atom. The number of aliphatic carboxylic acids is 2. The molecule has 0 saturated heterocycles. The van der Waals surface area contributed by atoms with Crippen LogP contribution in [0.25, 0.3) is 0 Å². The van der Waals surface area contributed by atoms with Gasteiger partial charge in [-0.05, 0) is 13.5 Å². The number of anilines is 1. The first-order valence-corrected chi connectivity index (χ1v) is 8.79. The van der Waals surface area contributed by atoms with Gasteiger partial charge in [-0.2, -0.15) is 31.3 Å². The Labute approximate surface area is 187 Å². The highest BCUT2D eigenvalue weighted by molar-refractivity contribution is 5.73. The van der Waals surface area contributed by atoms with Crippen LogP contribution in [0.15, 0.2) is 10.6 Å². The van der Waals surface area contributed by atoms with Crippen LogP contribution in [0.2, 0.25) is 0 Å². The highest BCUT2D eigenvalue weighted by Crippen LogP contribution is 2.13. The number of aryl methyl sites for hydroxylation is 1. The Morgan fingerprint density at radius 3 is 2.06 bits per heavy atom. The fraction of sp³-hybridized carbons (Fsp3) is 0.500. The molecule has 0 aliphatic heterocycles. The summed E-state index contributed by atoms with van der Waals surface area (Å²) in [5.74, 6) is -3.09. The highest BCUT2D eigenvalue weighted by atomic mass is 19.4.